The maximum absolute atomic E-state index is 12.2. The molecule has 0 atom stereocenters. The highest BCUT2D eigenvalue weighted by molar-refractivity contribution is 7.92. The highest BCUT2D eigenvalue weighted by Crippen LogP contribution is 2.29. The van der Waals surface area contributed by atoms with E-state index < -0.39 is 10.0 Å². The van der Waals surface area contributed by atoms with Gasteiger partial charge in [0.05, 0.1) is 12.0 Å². The van der Waals surface area contributed by atoms with Gasteiger partial charge in [0.2, 0.25) is 5.03 Å². The first kappa shape index (κ1) is 15.4. The van der Waals surface area contributed by atoms with E-state index in [2.05, 4.69) is 14.7 Å². The van der Waals surface area contributed by atoms with E-state index in [1.165, 1.54) is 17.0 Å². The Morgan fingerprint density at radius 3 is 2.45 bits per heavy atom. The fraction of sp³-hybridized carbons (Fsp3) is 0.200. The first-order valence-corrected chi connectivity index (χ1v) is 7.86. The number of nitrogens with zero attached hydrogens (tertiary/aromatic N) is 3. The molecule has 20 heavy (non-hydrogen) atoms. The molecular formula is C10H9Cl3N4O2S. The predicted octanol–water partition coefficient (Wildman–Crippen LogP) is 2.88. The minimum atomic E-state index is -3.96. The second-order valence-corrected chi connectivity index (χ2v) is 6.69. The van der Waals surface area contributed by atoms with Gasteiger partial charge in [-0.05, 0) is 18.6 Å². The summed E-state index contributed by atoms with van der Waals surface area (Å²) in [5.74, 6) is 0. The van der Waals surface area contributed by atoms with Crippen LogP contribution in [0.4, 0.5) is 5.69 Å². The zero-order chi connectivity index (χ0) is 15.1. The van der Waals surface area contributed by atoms with Crippen LogP contribution in [0.25, 0.3) is 0 Å². The minimum absolute atomic E-state index is 0.00630. The van der Waals surface area contributed by atoms with Gasteiger partial charge in [-0.25, -0.2) is 9.97 Å². The van der Waals surface area contributed by atoms with Crippen molar-refractivity contribution in [2.75, 3.05) is 4.72 Å². The molecule has 6 nitrogen and oxygen atoms in total. The van der Waals surface area contributed by atoms with Crippen molar-refractivity contribution in [3.05, 3.63) is 33.4 Å². The molecule has 0 unspecified atom stereocenters. The van der Waals surface area contributed by atoms with Crippen molar-refractivity contribution < 1.29 is 8.42 Å². The number of aryl methyl sites for hydroxylation is 2. The molecule has 0 fully saturated rings. The van der Waals surface area contributed by atoms with E-state index >= 15 is 0 Å². The molecule has 2 aromatic rings. The topological polar surface area (TPSA) is 76.9 Å². The molecule has 2 rings (SSSR count). The molecule has 1 N–H and O–H groups in total. The zero-order valence-electron chi connectivity index (χ0n) is 10.4. The van der Waals surface area contributed by atoms with Crippen LogP contribution < -0.4 is 4.72 Å². The lowest BCUT2D eigenvalue weighted by Crippen LogP contribution is -2.15. The maximum Gasteiger partial charge on any atom is 0.282 e. The molecule has 0 bridgehead atoms. The summed E-state index contributed by atoms with van der Waals surface area (Å²) in [4.78, 5) is 7.54. The molecule has 2 heterocycles. The van der Waals surface area contributed by atoms with E-state index in [4.69, 9.17) is 34.8 Å². The summed E-state index contributed by atoms with van der Waals surface area (Å²) in [6, 6.07) is 1.49. The summed E-state index contributed by atoms with van der Waals surface area (Å²) < 4.78 is 28.2. The van der Waals surface area contributed by atoms with Crippen molar-refractivity contribution in [2.24, 2.45) is 7.05 Å². The summed E-state index contributed by atoms with van der Waals surface area (Å²) >= 11 is 17.5. The summed E-state index contributed by atoms with van der Waals surface area (Å²) in [6.07, 6.45) is 1.30. The Morgan fingerprint density at radius 2 is 1.95 bits per heavy atom. The lowest BCUT2D eigenvalue weighted by molar-refractivity contribution is 0.598. The van der Waals surface area contributed by atoms with Crippen LogP contribution >= 0.6 is 34.8 Å². The van der Waals surface area contributed by atoms with Crippen molar-refractivity contribution in [1.82, 2.24) is 14.5 Å². The SMILES string of the molecule is Cc1cc(Cl)nc(Cl)c1NS(=O)(=O)c1ncn(C)c1Cl. The predicted molar refractivity (Wildman–Crippen MR) is 78.0 cm³/mol. The van der Waals surface area contributed by atoms with Crippen LogP contribution in [-0.4, -0.2) is 23.0 Å². The Balaban J connectivity index is 2.47. The number of rotatable bonds is 3. The average molecular weight is 356 g/mol. The summed E-state index contributed by atoms with van der Waals surface area (Å²) in [5, 5.41) is -0.169. The smallest absolute Gasteiger partial charge is 0.282 e. The Kier molecular flexibility index (Phi) is 4.15. The van der Waals surface area contributed by atoms with Crippen LogP contribution in [0.15, 0.2) is 17.4 Å². The van der Waals surface area contributed by atoms with Crippen LogP contribution in [0.5, 0.6) is 0 Å². The summed E-state index contributed by atoms with van der Waals surface area (Å²) in [5.41, 5.74) is 0.670. The first-order valence-electron chi connectivity index (χ1n) is 5.24. The fourth-order valence-corrected chi connectivity index (χ4v) is 3.68. The first-order chi connectivity index (χ1) is 9.22. The standard InChI is InChI=1S/C10H9Cl3N4O2S/c1-5-3-6(11)15-8(12)7(5)16-20(18,19)10-9(13)17(2)4-14-10/h3-4,16H,1-2H3. The van der Waals surface area contributed by atoms with Gasteiger partial charge >= 0.3 is 0 Å². The number of pyridine rings is 1. The van der Waals surface area contributed by atoms with Gasteiger partial charge in [0.1, 0.15) is 10.3 Å². The summed E-state index contributed by atoms with van der Waals surface area (Å²) in [6.45, 7) is 1.65. The Labute approximate surface area is 130 Å². The third-order valence-electron chi connectivity index (χ3n) is 2.47. The van der Waals surface area contributed by atoms with Gasteiger partial charge in [-0.2, -0.15) is 8.42 Å². The zero-order valence-corrected chi connectivity index (χ0v) is 13.4. The second-order valence-electron chi connectivity index (χ2n) is 3.98. The number of anilines is 1. The molecule has 0 amide bonds. The number of hydrogen-bond donors (Lipinski definition) is 1. The van der Waals surface area contributed by atoms with Gasteiger partial charge in [0, 0.05) is 7.05 Å². The highest BCUT2D eigenvalue weighted by atomic mass is 35.5. The van der Waals surface area contributed by atoms with Crippen LogP contribution in [0.2, 0.25) is 15.5 Å². The molecule has 0 aliphatic carbocycles. The molecule has 0 spiro atoms. The monoisotopic (exact) mass is 354 g/mol. The lowest BCUT2D eigenvalue weighted by atomic mass is 10.3. The van der Waals surface area contributed by atoms with Crippen molar-refractivity contribution in [3.63, 3.8) is 0 Å². The molecule has 10 heteroatoms. The van der Waals surface area contributed by atoms with Crippen molar-refractivity contribution in [2.45, 2.75) is 11.9 Å². The molecule has 0 aliphatic rings. The van der Waals surface area contributed by atoms with Crippen molar-refractivity contribution >= 4 is 50.5 Å². The number of imidazole rings is 1. The minimum Gasteiger partial charge on any atom is -0.324 e. The lowest BCUT2D eigenvalue weighted by Gasteiger charge is -2.11. The second kappa shape index (κ2) is 5.40. The fourth-order valence-electron chi connectivity index (χ4n) is 1.47. The van der Waals surface area contributed by atoms with Crippen molar-refractivity contribution in [1.29, 1.82) is 0 Å². The molecular weight excluding hydrogens is 347 g/mol. The highest BCUT2D eigenvalue weighted by Gasteiger charge is 2.24. The Morgan fingerprint density at radius 1 is 1.30 bits per heavy atom. The number of halogens is 3. The van der Waals surface area contributed by atoms with Gasteiger partial charge in [0.25, 0.3) is 10.0 Å². The van der Waals surface area contributed by atoms with Crippen LogP contribution in [0, 0.1) is 6.92 Å². The van der Waals surface area contributed by atoms with Gasteiger partial charge in [0.15, 0.2) is 5.15 Å². The number of hydrogen-bond acceptors (Lipinski definition) is 4. The van der Waals surface area contributed by atoms with Crippen LogP contribution in [0.1, 0.15) is 5.56 Å². The Hall–Kier alpha value is -1.02. The average Bonchev–Trinajstić information content (AvgIpc) is 2.65. The molecule has 2 aromatic heterocycles. The van der Waals surface area contributed by atoms with E-state index in [0.29, 0.717) is 5.56 Å². The molecule has 0 aromatic carbocycles. The molecule has 0 saturated carbocycles. The largest absolute Gasteiger partial charge is 0.324 e. The van der Waals surface area contributed by atoms with E-state index in [0.717, 1.165) is 0 Å². The van der Waals surface area contributed by atoms with Crippen LogP contribution in [0.3, 0.4) is 0 Å². The van der Waals surface area contributed by atoms with Crippen LogP contribution in [-0.2, 0) is 17.1 Å². The van der Waals surface area contributed by atoms with E-state index in [1.54, 1.807) is 14.0 Å². The van der Waals surface area contributed by atoms with E-state index in [-0.39, 0.29) is 26.2 Å². The van der Waals surface area contributed by atoms with E-state index in [1.807, 2.05) is 0 Å². The van der Waals surface area contributed by atoms with E-state index in [9.17, 15) is 8.42 Å². The third kappa shape index (κ3) is 2.85. The molecule has 0 radical (unpaired) electrons. The van der Waals surface area contributed by atoms with Gasteiger partial charge in [-0.15, -0.1) is 0 Å². The number of aromatic nitrogens is 3. The normalized spacial score (nSPS) is 11.7. The van der Waals surface area contributed by atoms with Gasteiger partial charge in [-0.3, -0.25) is 4.72 Å². The number of nitrogens with one attached hydrogen (secondary N) is 1. The Bertz CT molecular complexity index is 750. The van der Waals surface area contributed by atoms with Gasteiger partial charge < -0.3 is 4.57 Å². The summed E-state index contributed by atoms with van der Waals surface area (Å²) in [7, 11) is -2.38. The molecule has 108 valence electrons. The van der Waals surface area contributed by atoms with Gasteiger partial charge in [-0.1, -0.05) is 34.8 Å². The third-order valence-corrected chi connectivity index (χ3v) is 4.77. The molecule has 0 aliphatic heterocycles. The quantitative estimate of drug-likeness (QED) is 0.859. The molecule has 0 saturated heterocycles. The van der Waals surface area contributed by atoms with Crippen molar-refractivity contribution in [3.8, 4) is 0 Å². The number of sulfonamides is 1. The maximum atomic E-state index is 12.2.